The Bertz CT molecular complexity index is 660. The molecular weight excluding hydrogens is 286 g/mol. The second kappa shape index (κ2) is 5.84. The van der Waals surface area contributed by atoms with E-state index in [4.69, 9.17) is 0 Å². The fourth-order valence-corrected chi connectivity index (χ4v) is 2.50. The SMILES string of the molecule is O=C(c1cn[nH]c1)N1CCN(c2ccc([N+](=O)[O-])cc2)CC1. The molecular formula is C14H15N5O3. The highest BCUT2D eigenvalue weighted by atomic mass is 16.6. The minimum absolute atomic E-state index is 0.0305. The van der Waals surface area contributed by atoms with Crippen LogP contribution in [0.2, 0.25) is 0 Å². The van der Waals surface area contributed by atoms with Gasteiger partial charge in [-0.25, -0.2) is 0 Å². The number of non-ortho nitro benzene ring substituents is 1. The zero-order valence-electron chi connectivity index (χ0n) is 11.8. The van der Waals surface area contributed by atoms with Gasteiger partial charge in [-0.1, -0.05) is 0 Å². The van der Waals surface area contributed by atoms with E-state index in [9.17, 15) is 14.9 Å². The first-order valence-corrected chi connectivity index (χ1v) is 6.92. The average Bonchev–Trinajstić information content (AvgIpc) is 3.09. The van der Waals surface area contributed by atoms with Crippen molar-refractivity contribution in [2.75, 3.05) is 31.1 Å². The number of rotatable bonds is 3. The van der Waals surface area contributed by atoms with Crippen molar-refractivity contribution in [2.24, 2.45) is 0 Å². The molecule has 114 valence electrons. The summed E-state index contributed by atoms with van der Waals surface area (Å²) < 4.78 is 0. The quantitative estimate of drug-likeness (QED) is 0.680. The number of nitro groups is 1. The summed E-state index contributed by atoms with van der Waals surface area (Å²) in [6.07, 6.45) is 3.11. The van der Waals surface area contributed by atoms with Crippen LogP contribution in [0, 0.1) is 10.1 Å². The summed E-state index contributed by atoms with van der Waals surface area (Å²) in [5.41, 5.74) is 1.57. The molecule has 1 amide bonds. The lowest BCUT2D eigenvalue weighted by molar-refractivity contribution is -0.384. The second-order valence-electron chi connectivity index (χ2n) is 5.04. The van der Waals surface area contributed by atoms with E-state index in [1.807, 2.05) is 0 Å². The van der Waals surface area contributed by atoms with Crippen molar-refractivity contribution in [1.82, 2.24) is 15.1 Å². The van der Waals surface area contributed by atoms with Gasteiger partial charge in [-0.05, 0) is 12.1 Å². The summed E-state index contributed by atoms with van der Waals surface area (Å²) in [7, 11) is 0. The number of nitrogens with zero attached hydrogens (tertiary/aromatic N) is 4. The molecule has 3 rings (SSSR count). The van der Waals surface area contributed by atoms with Crippen LogP contribution in [0.1, 0.15) is 10.4 Å². The predicted molar refractivity (Wildman–Crippen MR) is 79.8 cm³/mol. The van der Waals surface area contributed by atoms with Gasteiger partial charge in [0.1, 0.15) is 0 Å². The van der Waals surface area contributed by atoms with Crippen molar-refractivity contribution in [2.45, 2.75) is 0 Å². The van der Waals surface area contributed by atoms with E-state index in [0.29, 0.717) is 31.7 Å². The van der Waals surface area contributed by atoms with Crippen molar-refractivity contribution in [1.29, 1.82) is 0 Å². The van der Waals surface area contributed by atoms with Gasteiger partial charge in [0.15, 0.2) is 0 Å². The number of benzene rings is 1. The maximum absolute atomic E-state index is 12.2. The Balaban J connectivity index is 1.62. The normalized spacial score (nSPS) is 14.9. The Morgan fingerprint density at radius 1 is 1.18 bits per heavy atom. The molecule has 22 heavy (non-hydrogen) atoms. The molecule has 2 heterocycles. The van der Waals surface area contributed by atoms with E-state index in [2.05, 4.69) is 15.1 Å². The highest BCUT2D eigenvalue weighted by Crippen LogP contribution is 2.21. The lowest BCUT2D eigenvalue weighted by atomic mass is 10.2. The van der Waals surface area contributed by atoms with Gasteiger partial charge < -0.3 is 9.80 Å². The van der Waals surface area contributed by atoms with Gasteiger partial charge in [-0.3, -0.25) is 20.0 Å². The first-order chi connectivity index (χ1) is 10.6. The number of amides is 1. The average molecular weight is 301 g/mol. The van der Waals surface area contributed by atoms with E-state index < -0.39 is 4.92 Å². The third kappa shape index (κ3) is 2.76. The Morgan fingerprint density at radius 3 is 2.41 bits per heavy atom. The third-order valence-corrected chi connectivity index (χ3v) is 3.74. The molecule has 2 aromatic rings. The third-order valence-electron chi connectivity index (χ3n) is 3.74. The predicted octanol–water partition coefficient (Wildman–Crippen LogP) is 1.28. The molecule has 0 radical (unpaired) electrons. The molecule has 1 N–H and O–H groups in total. The Morgan fingerprint density at radius 2 is 1.86 bits per heavy atom. The monoisotopic (exact) mass is 301 g/mol. The number of nitro benzene ring substituents is 1. The maximum Gasteiger partial charge on any atom is 0.269 e. The molecule has 1 aromatic heterocycles. The van der Waals surface area contributed by atoms with Crippen LogP contribution >= 0.6 is 0 Å². The van der Waals surface area contributed by atoms with Gasteiger partial charge in [0, 0.05) is 50.2 Å². The van der Waals surface area contributed by atoms with E-state index in [0.717, 1.165) is 5.69 Å². The zero-order valence-corrected chi connectivity index (χ0v) is 11.8. The topological polar surface area (TPSA) is 95.4 Å². The molecule has 0 unspecified atom stereocenters. The lowest BCUT2D eigenvalue weighted by Crippen LogP contribution is -2.48. The molecule has 1 aliphatic rings. The minimum atomic E-state index is -0.411. The van der Waals surface area contributed by atoms with Crippen LogP contribution in [0.4, 0.5) is 11.4 Å². The zero-order chi connectivity index (χ0) is 15.5. The molecule has 8 nitrogen and oxygen atoms in total. The van der Waals surface area contributed by atoms with Crippen LogP contribution in [0.3, 0.4) is 0 Å². The van der Waals surface area contributed by atoms with Crippen molar-refractivity contribution < 1.29 is 9.72 Å². The van der Waals surface area contributed by atoms with Gasteiger partial charge in [-0.2, -0.15) is 5.10 Å². The summed E-state index contributed by atoms with van der Waals surface area (Å²) in [6, 6.07) is 6.48. The number of hydrogen-bond donors (Lipinski definition) is 1. The van der Waals surface area contributed by atoms with Gasteiger partial charge in [-0.15, -0.1) is 0 Å². The molecule has 1 saturated heterocycles. The Kier molecular flexibility index (Phi) is 3.73. The highest BCUT2D eigenvalue weighted by molar-refractivity contribution is 5.93. The van der Waals surface area contributed by atoms with E-state index >= 15 is 0 Å². The molecule has 0 saturated carbocycles. The van der Waals surface area contributed by atoms with Gasteiger partial charge in [0.05, 0.1) is 16.7 Å². The number of carbonyl (C=O) groups excluding carboxylic acids is 1. The molecule has 1 aromatic carbocycles. The van der Waals surface area contributed by atoms with Gasteiger partial charge >= 0.3 is 0 Å². The molecule has 0 aliphatic carbocycles. The number of anilines is 1. The highest BCUT2D eigenvalue weighted by Gasteiger charge is 2.23. The molecule has 1 fully saturated rings. The standard InChI is InChI=1S/C14H15N5O3/c20-14(11-9-15-16-10-11)18-7-5-17(6-8-18)12-1-3-13(4-2-12)19(21)22/h1-4,9-10H,5-8H2,(H,15,16). The number of hydrogen-bond acceptors (Lipinski definition) is 5. The van der Waals surface area contributed by atoms with Crippen molar-refractivity contribution in [3.8, 4) is 0 Å². The number of carbonyl (C=O) groups is 1. The van der Waals surface area contributed by atoms with Crippen LogP contribution < -0.4 is 4.90 Å². The number of H-pyrrole nitrogens is 1. The number of aromatic amines is 1. The molecule has 0 atom stereocenters. The van der Waals surface area contributed by atoms with Crippen LogP contribution in [-0.2, 0) is 0 Å². The Labute approximate surface area is 126 Å². The summed E-state index contributed by atoms with van der Waals surface area (Å²) in [6.45, 7) is 2.62. The minimum Gasteiger partial charge on any atom is -0.368 e. The van der Waals surface area contributed by atoms with Crippen molar-refractivity contribution in [3.05, 3.63) is 52.3 Å². The second-order valence-corrected chi connectivity index (χ2v) is 5.04. The van der Waals surface area contributed by atoms with Gasteiger partial charge in [0.2, 0.25) is 0 Å². The van der Waals surface area contributed by atoms with Crippen LogP contribution in [0.25, 0.3) is 0 Å². The summed E-state index contributed by atoms with van der Waals surface area (Å²) in [4.78, 5) is 26.3. The fraction of sp³-hybridized carbons (Fsp3) is 0.286. The van der Waals surface area contributed by atoms with Crippen LogP contribution in [-0.4, -0.2) is 52.1 Å². The van der Waals surface area contributed by atoms with Crippen molar-refractivity contribution in [3.63, 3.8) is 0 Å². The van der Waals surface area contributed by atoms with Crippen LogP contribution in [0.5, 0.6) is 0 Å². The van der Waals surface area contributed by atoms with E-state index in [1.165, 1.54) is 18.3 Å². The fourth-order valence-electron chi connectivity index (χ4n) is 2.50. The van der Waals surface area contributed by atoms with E-state index in [-0.39, 0.29) is 11.6 Å². The molecule has 0 spiro atoms. The van der Waals surface area contributed by atoms with Gasteiger partial charge in [0.25, 0.3) is 11.6 Å². The molecule has 8 heteroatoms. The number of nitrogens with one attached hydrogen (secondary N) is 1. The Hall–Kier alpha value is -2.90. The largest absolute Gasteiger partial charge is 0.368 e. The maximum atomic E-state index is 12.2. The molecule has 0 bridgehead atoms. The van der Waals surface area contributed by atoms with E-state index in [1.54, 1.807) is 23.2 Å². The summed E-state index contributed by atoms with van der Waals surface area (Å²) >= 11 is 0. The number of piperazine rings is 1. The molecule has 1 aliphatic heterocycles. The first-order valence-electron chi connectivity index (χ1n) is 6.92. The lowest BCUT2D eigenvalue weighted by Gasteiger charge is -2.35. The van der Waals surface area contributed by atoms with Crippen molar-refractivity contribution >= 4 is 17.3 Å². The smallest absolute Gasteiger partial charge is 0.269 e. The number of aromatic nitrogens is 2. The summed E-state index contributed by atoms with van der Waals surface area (Å²) in [5, 5.41) is 17.1. The van der Waals surface area contributed by atoms with Crippen LogP contribution in [0.15, 0.2) is 36.7 Å². The summed E-state index contributed by atoms with van der Waals surface area (Å²) in [5.74, 6) is -0.0305. The first kappa shape index (κ1) is 14.1.